The maximum atomic E-state index is 10.9. The van der Waals surface area contributed by atoms with Crippen LogP contribution in [0.15, 0.2) is 17.7 Å². The van der Waals surface area contributed by atoms with E-state index in [0.717, 1.165) is 36.8 Å². The molecule has 0 radical (unpaired) electrons. The van der Waals surface area contributed by atoms with E-state index in [1.54, 1.807) is 0 Å². The van der Waals surface area contributed by atoms with E-state index in [4.69, 9.17) is 9.47 Å². The molecule has 1 heterocycles. The van der Waals surface area contributed by atoms with Crippen molar-refractivity contribution in [3.63, 3.8) is 0 Å². The van der Waals surface area contributed by atoms with Crippen LogP contribution in [-0.2, 0) is 4.74 Å². The molecule has 6 heteroatoms. The Morgan fingerprint density at radius 3 is 2.61 bits per heavy atom. The van der Waals surface area contributed by atoms with Gasteiger partial charge in [-0.3, -0.25) is 0 Å². The molecule has 1 aromatic rings. The molecule has 1 aromatic carbocycles. The molecule has 0 unspecified atom stereocenters. The van der Waals surface area contributed by atoms with Crippen molar-refractivity contribution in [3.8, 4) is 11.5 Å². The number of phenols is 1. The van der Waals surface area contributed by atoms with Crippen molar-refractivity contribution in [2.24, 2.45) is 5.92 Å². The van der Waals surface area contributed by atoms with Gasteiger partial charge in [0.25, 0.3) is 0 Å². The predicted molar refractivity (Wildman–Crippen MR) is 119 cm³/mol. The molecule has 1 fully saturated rings. The molecule has 0 amide bonds. The van der Waals surface area contributed by atoms with Crippen LogP contribution in [0.1, 0.15) is 81.9 Å². The lowest BCUT2D eigenvalue weighted by Gasteiger charge is -2.38. The van der Waals surface area contributed by atoms with Gasteiger partial charge in [0.2, 0.25) is 6.29 Å². The fourth-order valence-corrected chi connectivity index (χ4v) is 4.91. The van der Waals surface area contributed by atoms with Gasteiger partial charge in [-0.1, -0.05) is 31.6 Å². The number of fused-ring (bicyclic) bond motifs is 1. The number of ether oxygens (including phenoxy) is 2. The fraction of sp³-hybridized carbons (Fsp3) is 0.680. The lowest BCUT2D eigenvalue weighted by atomic mass is 9.70. The van der Waals surface area contributed by atoms with Crippen LogP contribution in [0.25, 0.3) is 0 Å². The van der Waals surface area contributed by atoms with Gasteiger partial charge in [0.1, 0.15) is 18.3 Å². The van der Waals surface area contributed by atoms with E-state index in [9.17, 15) is 20.4 Å². The molecule has 0 saturated carbocycles. The number of hydrogen-bond donors (Lipinski definition) is 4. The van der Waals surface area contributed by atoms with Crippen LogP contribution in [0, 0.1) is 12.8 Å². The summed E-state index contributed by atoms with van der Waals surface area (Å²) in [6, 6.07) is 2.08. The standard InChI is InChI=1S/C25H38O6/c1-13(2)7-6-8-14(3)17-10-9-15(4)20-18(17)11-16(5)21(27)24(20)31-25-23(29)22(28)19(26)12-30-25/h7,11,14-15,17,19,22-23,25-29H,6,8-10,12H2,1-5H3/t14-,15-,17+,19+,22+,23-,25-/m0/s1. The summed E-state index contributed by atoms with van der Waals surface area (Å²) in [5.41, 5.74) is 4.21. The minimum Gasteiger partial charge on any atom is -0.504 e. The van der Waals surface area contributed by atoms with E-state index in [1.165, 1.54) is 11.1 Å². The summed E-state index contributed by atoms with van der Waals surface area (Å²) >= 11 is 0. The number of aryl methyl sites for hydroxylation is 1. The first-order valence-electron chi connectivity index (χ1n) is 11.4. The Morgan fingerprint density at radius 2 is 1.94 bits per heavy atom. The van der Waals surface area contributed by atoms with Crippen LogP contribution in [0.5, 0.6) is 11.5 Å². The first kappa shape index (κ1) is 24.1. The van der Waals surface area contributed by atoms with Crippen LogP contribution < -0.4 is 4.74 Å². The molecule has 6 nitrogen and oxygen atoms in total. The van der Waals surface area contributed by atoms with Crippen LogP contribution in [0.4, 0.5) is 0 Å². The Morgan fingerprint density at radius 1 is 1.23 bits per heavy atom. The summed E-state index contributed by atoms with van der Waals surface area (Å²) in [5, 5.41) is 40.9. The smallest absolute Gasteiger partial charge is 0.229 e. The molecule has 0 bridgehead atoms. The highest BCUT2D eigenvalue weighted by Crippen LogP contribution is 2.51. The normalized spacial score (nSPS) is 31.6. The molecule has 0 aromatic heterocycles. The van der Waals surface area contributed by atoms with Gasteiger partial charge >= 0.3 is 0 Å². The number of benzene rings is 1. The van der Waals surface area contributed by atoms with Crippen molar-refractivity contribution < 1.29 is 29.9 Å². The number of aliphatic hydroxyl groups excluding tert-OH is 3. The summed E-state index contributed by atoms with van der Waals surface area (Å²) in [5.74, 6) is 1.40. The van der Waals surface area contributed by atoms with Gasteiger partial charge in [0, 0.05) is 5.56 Å². The molecule has 174 valence electrons. The molecule has 1 aliphatic carbocycles. The third-order valence-electron chi connectivity index (χ3n) is 6.87. The monoisotopic (exact) mass is 434 g/mol. The first-order valence-corrected chi connectivity index (χ1v) is 11.4. The lowest BCUT2D eigenvalue weighted by molar-refractivity contribution is -0.242. The number of aliphatic hydroxyl groups is 3. The third kappa shape index (κ3) is 5.08. The molecular formula is C25H38O6. The van der Waals surface area contributed by atoms with Crippen molar-refractivity contribution in [3.05, 3.63) is 34.4 Å². The number of rotatable bonds is 6. The summed E-state index contributed by atoms with van der Waals surface area (Å²) in [4.78, 5) is 0. The Balaban J connectivity index is 1.93. The molecule has 1 saturated heterocycles. The van der Waals surface area contributed by atoms with Gasteiger partial charge in [-0.2, -0.15) is 0 Å². The van der Waals surface area contributed by atoms with Crippen LogP contribution in [0.2, 0.25) is 0 Å². The van der Waals surface area contributed by atoms with E-state index in [1.807, 2.05) is 6.92 Å². The van der Waals surface area contributed by atoms with Crippen molar-refractivity contribution in [2.75, 3.05) is 6.61 Å². The highest BCUT2D eigenvalue weighted by atomic mass is 16.7. The van der Waals surface area contributed by atoms with E-state index >= 15 is 0 Å². The van der Waals surface area contributed by atoms with Gasteiger partial charge < -0.3 is 29.9 Å². The Hall–Kier alpha value is -1.60. The molecular weight excluding hydrogens is 396 g/mol. The summed E-state index contributed by atoms with van der Waals surface area (Å²) < 4.78 is 11.5. The second-order valence-electron chi connectivity index (χ2n) is 9.66. The summed E-state index contributed by atoms with van der Waals surface area (Å²) in [6.07, 6.45) is 1.40. The van der Waals surface area contributed by atoms with Gasteiger partial charge in [-0.25, -0.2) is 0 Å². The average Bonchev–Trinajstić information content (AvgIpc) is 2.71. The highest BCUT2D eigenvalue weighted by molar-refractivity contribution is 5.57. The minimum atomic E-state index is -1.41. The Bertz CT molecular complexity index is 800. The van der Waals surface area contributed by atoms with Crippen LogP contribution in [0.3, 0.4) is 0 Å². The molecule has 3 rings (SSSR count). The summed E-state index contributed by atoms with van der Waals surface area (Å²) in [7, 11) is 0. The predicted octanol–water partition coefficient (Wildman–Crippen LogP) is 3.88. The van der Waals surface area contributed by atoms with Gasteiger partial charge in [-0.15, -0.1) is 0 Å². The van der Waals surface area contributed by atoms with E-state index in [0.29, 0.717) is 17.6 Å². The maximum Gasteiger partial charge on any atom is 0.229 e. The quantitative estimate of drug-likeness (QED) is 0.507. The van der Waals surface area contributed by atoms with E-state index in [2.05, 4.69) is 39.8 Å². The molecule has 2 aliphatic rings. The number of allylic oxidation sites excluding steroid dienone is 2. The zero-order valence-electron chi connectivity index (χ0n) is 19.3. The van der Waals surface area contributed by atoms with Crippen LogP contribution >= 0.6 is 0 Å². The van der Waals surface area contributed by atoms with E-state index < -0.39 is 24.6 Å². The molecule has 1 aliphatic heterocycles. The largest absolute Gasteiger partial charge is 0.504 e. The van der Waals surface area contributed by atoms with Crippen molar-refractivity contribution >= 4 is 0 Å². The SMILES string of the molecule is CC(C)=CCC[C@H](C)[C@H]1CC[C@H](C)c2c1cc(C)c(O)c2O[C@@H]1OC[C@@H](O)[C@@H](O)[C@@H]1O. The molecule has 4 N–H and O–H groups in total. The average molecular weight is 435 g/mol. The second-order valence-corrected chi connectivity index (χ2v) is 9.66. The van der Waals surface area contributed by atoms with Crippen molar-refractivity contribution in [1.82, 2.24) is 0 Å². The van der Waals surface area contributed by atoms with Gasteiger partial charge in [0.15, 0.2) is 11.5 Å². The van der Waals surface area contributed by atoms with Crippen molar-refractivity contribution in [2.45, 2.75) is 96.7 Å². The van der Waals surface area contributed by atoms with Gasteiger partial charge in [0.05, 0.1) is 6.61 Å². The second kappa shape index (κ2) is 9.90. The van der Waals surface area contributed by atoms with Crippen LogP contribution in [-0.4, -0.2) is 51.6 Å². The Labute approximate surface area is 185 Å². The Kier molecular flexibility index (Phi) is 7.68. The highest BCUT2D eigenvalue weighted by Gasteiger charge is 2.41. The number of aromatic hydroxyl groups is 1. The zero-order chi connectivity index (χ0) is 22.9. The molecule has 7 atom stereocenters. The van der Waals surface area contributed by atoms with Gasteiger partial charge in [-0.05, 0) is 75.3 Å². The zero-order valence-corrected chi connectivity index (χ0v) is 19.3. The van der Waals surface area contributed by atoms with Crippen molar-refractivity contribution in [1.29, 1.82) is 0 Å². The first-order chi connectivity index (χ1) is 14.6. The number of phenolic OH excluding ortho intramolecular Hbond substituents is 1. The molecule has 31 heavy (non-hydrogen) atoms. The third-order valence-corrected chi connectivity index (χ3v) is 6.87. The topological polar surface area (TPSA) is 99.4 Å². The van der Waals surface area contributed by atoms with E-state index in [-0.39, 0.29) is 18.3 Å². The lowest BCUT2D eigenvalue weighted by Crippen LogP contribution is -2.54. The molecule has 0 spiro atoms. The fourth-order valence-electron chi connectivity index (χ4n) is 4.91. The summed E-state index contributed by atoms with van der Waals surface area (Å²) in [6.45, 7) is 10.4. The minimum absolute atomic E-state index is 0.0415. The number of hydrogen-bond acceptors (Lipinski definition) is 6. The maximum absolute atomic E-state index is 10.9.